The van der Waals surface area contributed by atoms with Gasteiger partial charge in [-0.05, 0) is 30.6 Å². The highest BCUT2D eigenvalue weighted by Gasteiger charge is 2.36. The van der Waals surface area contributed by atoms with E-state index in [4.69, 9.17) is 0 Å². The molecule has 0 rings (SSSR count). The van der Waals surface area contributed by atoms with Crippen LogP contribution in [-0.4, -0.2) is 33.4 Å². The summed E-state index contributed by atoms with van der Waals surface area (Å²) in [5, 5.41) is 0. The van der Waals surface area contributed by atoms with Gasteiger partial charge < -0.3 is 4.98 Å². The summed E-state index contributed by atoms with van der Waals surface area (Å²) in [6.45, 7) is 18.7. The van der Waals surface area contributed by atoms with Crippen molar-refractivity contribution in [3.05, 3.63) is 0 Å². The first-order valence-electron chi connectivity index (χ1n) is 7.25. The number of hydrogen-bond acceptors (Lipinski definition) is 4. The third-order valence-electron chi connectivity index (χ3n) is 2.29. The fraction of sp³-hybridized carbons (Fsp3) is 1.00. The molecule has 0 aliphatic carbocycles. The van der Waals surface area contributed by atoms with Crippen molar-refractivity contribution in [3.8, 4) is 0 Å². The SMILES string of the molecule is CC(C)CN[Si](NC(C)C)(NC(C)C)NC(C)C. The Labute approximate surface area is 115 Å². The number of hydrogen-bond donors (Lipinski definition) is 4. The van der Waals surface area contributed by atoms with Crippen LogP contribution >= 0.6 is 0 Å². The third-order valence-corrected chi connectivity index (χ3v) is 6.06. The molecule has 4 nitrogen and oxygen atoms in total. The van der Waals surface area contributed by atoms with E-state index in [9.17, 15) is 0 Å². The van der Waals surface area contributed by atoms with Crippen molar-refractivity contribution in [3.63, 3.8) is 0 Å². The zero-order chi connectivity index (χ0) is 14.3. The first kappa shape index (κ1) is 18.1. The topological polar surface area (TPSA) is 48.1 Å². The van der Waals surface area contributed by atoms with Gasteiger partial charge in [0, 0.05) is 0 Å². The molecule has 18 heavy (non-hydrogen) atoms. The molecule has 0 bridgehead atoms. The summed E-state index contributed by atoms with van der Waals surface area (Å²) in [5.74, 6) is 0.647. The van der Waals surface area contributed by atoms with E-state index in [2.05, 4.69) is 75.3 Å². The Hall–Kier alpha value is 0.0569. The summed E-state index contributed by atoms with van der Waals surface area (Å²) in [7, 11) is -2.05. The van der Waals surface area contributed by atoms with Crippen LogP contribution in [0.15, 0.2) is 0 Å². The predicted molar refractivity (Wildman–Crippen MR) is 83.4 cm³/mol. The molecule has 5 heteroatoms. The maximum Gasteiger partial charge on any atom is 0.366 e. The van der Waals surface area contributed by atoms with Gasteiger partial charge in [0.25, 0.3) is 0 Å². The average molecular weight is 275 g/mol. The molecule has 0 unspecified atom stereocenters. The molecule has 0 heterocycles. The van der Waals surface area contributed by atoms with E-state index >= 15 is 0 Å². The van der Waals surface area contributed by atoms with Crippen LogP contribution in [0.1, 0.15) is 55.4 Å². The molecule has 0 atom stereocenters. The van der Waals surface area contributed by atoms with Crippen LogP contribution in [0.25, 0.3) is 0 Å². The lowest BCUT2D eigenvalue weighted by Gasteiger charge is -2.39. The summed E-state index contributed by atoms with van der Waals surface area (Å²) in [6, 6.07) is 1.36. The van der Waals surface area contributed by atoms with Crippen molar-refractivity contribution in [2.75, 3.05) is 6.54 Å². The van der Waals surface area contributed by atoms with E-state index in [0.29, 0.717) is 24.0 Å². The van der Waals surface area contributed by atoms with Crippen molar-refractivity contribution >= 4 is 8.72 Å². The molecule has 0 fully saturated rings. The third kappa shape index (κ3) is 8.21. The molecule has 0 aliphatic heterocycles. The summed E-state index contributed by atoms with van der Waals surface area (Å²) in [5.41, 5.74) is 0. The quantitative estimate of drug-likeness (QED) is 0.483. The van der Waals surface area contributed by atoms with Crippen molar-refractivity contribution in [2.45, 2.75) is 73.5 Å². The summed E-state index contributed by atoms with van der Waals surface area (Å²) < 4.78 is 0. The van der Waals surface area contributed by atoms with Crippen LogP contribution in [0.2, 0.25) is 0 Å². The zero-order valence-corrected chi connectivity index (χ0v) is 14.5. The molecule has 0 saturated heterocycles. The van der Waals surface area contributed by atoms with Crippen molar-refractivity contribution in [1.82, 2.24) is 19.9 Å². The van der Waals surface area contributed by atoms with E-state index in [-0.39, 0.29) is 0 Å². The smallest absolute Gasteiger partial charge is 0.300 e. The maximum absolute atomic E-state index is 3.73. The van der Waals surface area contributed by atoms with E-state index in [1.807, 2.05) is 0 Å². The van der Waals surface area contributed by atoms with Crippen LogP contribution < -0.4 is 19.9 Å². The fourth-order valence-corrected chi connectivity index (χ4v) is 5.80. The molecule has 0 aromatic carbocycles. The van der Waals surface area contributed by atoms with Gasteiger partial charge in [0.1, 0.15) is 0 Å². The van der Waals surface area contributed by atoms with Gasteiger partial charge in [0.15, 0.2) is 0 Å². The predicted octanol–water partition coefficient (Wildman–Crippen LogP) is 1.66. The second kappa shape index (κ2) is 8.27. The Balaban J connectivity index is 4.85. The minimum absolute atomic E-state index is 0.453. The van der Waals surface area contributed by atoms with Gasteiger partial charge in [-0.3, -0.25) is 14.9 Å². The van der Waals surface area contributed by atoms with Crippen LogP contribution in [0.4, 0.5) is 0 Å². The molecule has 0 aromatic heterocycles. The highest BCUT2D eigenvalue weighted by molar-refractivity contribution is 6.70. The molecule has 110 valence electrons. The van der Waals surface area contributed by atoms with E-state index in [1.165, 1.54) is 0 Å². The van der Waals surface area contributed by atoms with Gasteiger partial charge in [-0.25, -0.2) is 0 Å². The molecule has 4 N–H and O–H groups in total. The highest BCUT2D eigenvalue weighted by atomic mass is 28.4. The summed E-state index contributed by atoms with van der Waals surface area (Å²) in [6.07, 6.45) is 0. The van der Waals surface area contributed by atoms with E-state index in [1.54, 1.807) is 0 Å². The molecular weight excluding hydrogens is 240 g/mol. The lowest BCUT2D eigenvalue weighted by atomic mass is 10.2. The van der Waals surface area contributed by atoms with Crippen LogP contribution in [0.5, 0.6) is 0 Å². The van der Waals surface area contributed by atoms with Gasteiger partial charge in [-0.2, -0.15) is 0 Å². The second-order valence-electron chi connectivity index (χ2n) is 6.42. The summed E-state index contributed by atoms with van der Waals surface area (Å²) >= 11 is 0. The van der Waals surface area contributed by atoms with Crippen LogP contribution in [0, 0.1) is 5.92 Å². The van der Waals surface area contributed by atoms with Gasteiger partial charge in [0.05, 0.1) is 0 Å². The highest BCUT2D eigenvalue weighted by Crippen LogP contribution is 1.97. The lowest BCUT2D eigenvalue weighted by Crippen LogP contribution is -2.83. The zero-order valence-electron chi connectivity index (χ0n) is 13.5. The minimum Gasteiger partial charge on any atom is -0.300 e. The molecular formula is C13H34N4Si. The molecule has 0 saturated carbocycles. The Morgan fingerprint density at radius 1 is 0.667 bits per heavy atom. The molecule has 0 amide bonds. The standard InChI is InChI=1S/C13H34N4Si/c1-10(2)9-14-18(15-11(3)4,16-12(5)6)17-13(7)8/h10-17H,9H2,1-8H3. The monoisotopic (exact) mass is 274 g/mol. The van der Waals surface area contributed by atoms with E-state index < -0.39 is 8.72 Å². The molecule has 0 aromatic rings. The Morgan fingerprint density at radius 2 is 1.00 bits per heavy atom. The lowest BCUT2D eigenvalue weighted by molar-refractivity contribution is 0.538. The van der Waals surface area contributed by atoms with Gasteiger partial charge >= 0.3 is 8.72 Å². The largest absolute Gasteiger partial charge is 0.366 e. The van der Waals surface area contributed by atoms with Crippen molar-refractivity contribution in [2.24, 2.45) is 5.92 Å². The van der Waals surface area contributed by atoms with Crippen LogP contribution in [0.3, 0.4) is 0 Å². The first-order chi connectivity index (χ1) is 8.17. The van der Waals surface area contributed by atoms with Crippen LogP contribution in [-0.2, 0) is 0 Å². The van der Waals surface area contributed by atoms with Crippen molar-refractivity contribution < 1.29 is 0 Å². The summed E-state index contributed by atoms with van der Waals surface area (Å²) in [4.78, 5) is 14.9. The Bertz CT molecular complexity index is 191. The molecule has 0 radical (unpaired) electrons. The Kier molecular flexibility index (Phi) is 8.30. The number of rotatable bonds is 9. The normalized spacial score (nSPS) is 13.3. The van der Waals surface area contributed by atoms with Gasteiger partial charge in [-0.15, -0.1) is 0 Å². The fourth-order valence-electron chi connectivity index (χ4n) is 1.93. The number of nitrogens with one attached hydrogen (secondary N) is 4. The first-order valence-corrected chi connectivity index (χ1v) is 9.25. The van der Waals surface area contributed by atoms with Gasteiger partial charge in [-0.1, -0.05) is 55.4 Å². The average Bonchev–Trinajstić information content (AvgIpc) is 2.11. The van der Waals surface area contributed by atoms with E-state index in [0.717, 1.165) is 6.54 Å². The Morgan fingerprint density at radius 3 is 1.22 bits per heavy atom. The molecule has 0 spiro atoms. The second-order valence-corrected chi connectivity index (χ2v) is 9.14. The maximum atomic E-state index is 3.73. The molecule has 0 aliphatic rings. The minimum atomic E-state index is -2.05. The van der Waals surface area contributed by atoms with Gasteiger partial charge in [0.2, 0.25) is 0 Å². The van der Waals surface area contributed by atoms with Crippen molar-refractivity contribution in [1.29, 1.82) is 0 Å².